The number of fused-ring (bicyclic) bond motifs is 1. The van der Waals surface area contributed by atoms with E-state index in [2.05, 4.69) is 15.2 Å². The lowest BCUT2D eigenvalue weighted by molar-refractivity contribution is 0.0780. The van der Waals surface area contributed by atoms with Gasteiger partial charge in [-0.15, -0.1) is 0 Å². The number of aromatic nitrogens is 4. The molecule has 8 heteroatoms. The highest BCUT2D eigenvalue weighted by molar-refractivity contribution is 5.92. The summed E-state index contributed by atoms with van der Waals surface area (Å²) in [6.45, 7) is 5.15. The van der Waals surface area contributed by atoms with Crippen molar-refractivity contribution >= 4 is 11.6 Å². The van der Waals surface area contributed by atoms with E-state index < -0.39 is 0 Å². The summed E-state index contributed by atoms with van der Waals surface area (Å²) in [6.07, 6.45) is 2.25. The van der Waals surface area contributed by atoms with Crippen molar-refractivity contribution in [2.24, 2.45) is 0 Å². The number of nitrogens with one attached hydrogen (secondary N) is 1. The first-order valence-electron chi connectivity index (χ1n) is 8.95. The van der Waals surface area contributed by atoms with E-state index in [9.17, 15) is 9.59 Å². The molecule has 1 aliphatic heterocycles. The molecule has 1 fully saturated rings. The Labute approximate surface area is 149 Å². The molecule has 4 rings (SSSR count). The first kappa shape index (κ1) is 16.6. The number of aryl methyl sites for hydroxylation is 2. The third-order valence-corrected chi connectivity index (χ3v) is 4.93. The van der Waals surface area contributed by atoms with E-state index in [1.54, 1.807) is 17.0 Å². The Hall–Kier alpha value is -2.90. The van der Waals surface area contributed by atoms with Gasteiger partial charge in [0.25, 0.3) is 11.5 Å². The van der Waals surface area contributed by atoms with Gasteiger partial charge in [0, 0.05) is 55.0 Å². The maximum absolute atomic E-state index is 12.6. The van der Waals surface area contributed by atoms with Gasteiger partial charge in [-0.1, -0.05) is 19.0 Å². The van der Waals surface area contributed by atoms with Crippen molar-refractivity contribution in [3.8, 4) is 0 Å². The molecule has 1 atom stereocenters. The normalized spacial score (nSPS) is 17.3. The van der Waals surface area contributed by atoms with Crippen LogP contribution in [0.1, 0.15) is 53.8 Å². The zero-order valence-electron chi connectivity index (χ0n) is 14.9. The van der Waals surface area contributed by atoms with Crippen LogP contribution in [-0.2, 0) is 12.8 Å². The molecule has 0 saturated carbocycles. The van der Waals surface area contributed by atoms with Crippen molar-refractivity contribution in [2.45, 2.75) is 39.0 Å². The summed E-state index contributed by atoms with van der Waals surface area (Å²) in [4.78, 5) is 31.0. The van der Waals surface area contributed by atoms with Gasteiger partial charge in [-0.2, -0.15) is 0 Å². The number of H-pyrrole nitrogens is 1. The third-order valence-electron chi connectivity index (χ3n) is 4.93. The molecule has 1 amide bonds. The second-order valence-electron chi connectivity index (χ2n) is 6.61. The van der Waals surface area contributed by atoms with E-state index in [1.165, 1.54) is 4.52 Å². The van der Waals surface area contributed by atoms with Crippen LogP contribution < -0.4 is 5.56 Å². The van der Waals surface area contributed by atoms with E-state index >= 15 is 0 Å². The van der Waals surface area contributed by atoms with Gasteiger partial charge in [-0.3, -0.25) is 14.7 Å². The van der Waals surface area contributed by atoms with Crippen molar-refractivity contribution in [1.29, 1.82) is 0 Å². The molecular formula is C18H21N5O3. The van der Waals surface area contributed by atoms with Crippen LogP contribution in [0.2, 0.25) is 0 Å². The predicted molar refractivity (Wildman–Crippen MR) is 94.3 cm³/mol. The molecule has 26 heavy (non-hydrogen) atoms. The molecule has 1 saturated heterocycles. The van der Waals surface area contributed by atoms with Crippen LogP contribution in [0.4, 0.5) is 0 Å². The summed E-state index contributed by atoms with van der Waals surface area (Å²) in [6, 6.07) is 5.16. The second kappa shape index (κ2) is 6.44. The van der Waals surface area contributed by atoms with Gasteiger partial charge >= 0.3 is 0 Å². The Kier molecular flexibility index (Phi) is 4.10. The van der Waals surface area contributed by atoms with E-state index in [-0.39, 0.29) is 17.4 Å². The average Bonchev–Trinajstić information content (AvgIpc) is 3.38. The first-order chi connectivity index (χ1) is 12.6. The Morgan fingerprint density at radius 3 is 2.88 bits per heavy atom. The molecule has 136 valence electrons. The summed E-state index contributed by atoms with van der Waals surface area (Å²) in [5.41, 5.74) is 2.57. The molecule has 4 heterocycles. The lowest BCUT2D eigenvalue weighted by atomic mass is 10.1. The maximum atomic E-state index is 12.6. The van der Waals surface area contributed by atoms with E-state index in [4.69, 9.17) is 4.52 Å². The van der Waals surface area contributed by atoms with Crippen molar-refractivity contribution < 1.29 is 9.32 Å². The smallest absolute Gasteiger partial charge is 0.276 e. The maximum Gasteiger partial charge on any atom is 0.276 e. The Balaban J connectivity index is 1.55. The minimum absolute atomic E-state index is 0.112. The summed E-state index contributed by atoms with van der Waals surface area (Å²) < 4.78 is 6.59. The number of hydrogen-bond acceptors (Lipinski definition) is 5. The van der Waals surface area contributed by atoms with Crippen LogP contribution in [0.3, 0.4) is 0 Å². The molecular weight excluding hydrogens is 334 g/mol. The van der Waals surface area contributed by atoms with Crippen LogP contribution >= 0.6 is 0 Å². The van der Waals surface area contributed by atoms with Gasteiger partial charge in [0.1, 0.15) is 5.76 Å². The van der Waals surface area contributed by atoms with Gasteiger partial charge in [-0.25, -0.2) is 9.50 Å². The Bertz CT molecular complexity index is 1020. The van der Waals surface area contributed by atoms with Gasteiger partial charge in [0.05, 0.1) is 0 Å². The molecule has 1 N–H and O–H groups in total. The highest BCUT2D eigenvalue weighted by Crippen LogP contribution is 2.27. The van der Waals surface area contributed by atoms with Crippen LogP contribution in [0.15, 0.2) is 27.5 Å². The highest BCUT2D eigenvalue weighted by atomic mass is 16.5. The molecule has 0 spiro atoms. The lowest BCUT2D eigenvalue weighted by Crippen LogP contribution is -2.28. The summed E-state index contributed by atoms with van der Waals surface area (Å²) in [5, 5.41) is 7.00. The van der Waals surface area contributed by atoms with Crippen molar-refractivity contribution in [3.05, 3.63) is 51.4 Å². The number of hydrogen-bond donors (Lipinski definition) is 1. The van der Waals surface area contributed by atoms with Gasteiger partial charge in [0.15, 0.2) is 11.3 Å². The van der Waals surface area contributed by atoms with Gasteiger partial charge in [-0.05, 0) is 12.8 Å². The van der Waals surface area contributed by atoms with Gasteiger partial charge in [0.2, 0.25) is 0 Å². The highest BCUT2D eigenvalue weighted by Gasteiger charge is 2.30. The molecule has 0 aromatic carbocycles. The molecule has 3 aromatic rings. The second-order valence-corrected chi connectivity index (χ2v) is 6.61. The van der Waals surface area contributed by atoms with Crippen LogP contribution in [0.5, 0.6) is 0 Å². The zero-order chi connectivity index (χ0) is 18.3. The SMILES string of the molecule is CCc1cc(=O)n2[nH]c(C3CCN(C(=O)c4cc(CC)on4)C3)cc2n1. The fourth-order valence-electron chi connectivity index (χ4n) is 3.39. The molecule has 1 aliphatic rings. The Morgan fingerprint density at radius 1 is 1.31 bits per heavy atom. The monoisotopic (exact) mass is 355 g/mol. The van der Waals surface area contributed by atoms with E-state index in [0.717, 1.165) is 24.2 Å². The molecule has 1 unspecified atom stereocenters. The number of likely N-dealkylation sites (tertiary alicyclic amines) is 1. The quantitative estimate of drug-likeness (QED) is 0.769. The number of aromatic amines is 1. The van der Waals surface area contributed by atoms with Crippen molar-refractivity contribution in [3.63, 3.8) is 0 Å². The number of rotatable bonds is 4. The third kappa shape index (κ3) is 2.81. The molecule has 0 radical (unpaired) electrons. The lowest BCUT2D eigenvalue weighted by Gasteiger charge is -2.14. The molecule has 8 nitrogen and oxygen atoms in total. The molecule has 3 aromatic heterocycles. The van der Waals surface area contributed by atoms with E-state index in [1.807, 2.05) is 19.9 Å². The molecule has 0 aliphatic carbocycles. The average molecular weight is 355 g/mol. The van der Waals surface area contributed by atoms with Crippen LogP contribution in [-0.4, -0.2) is 43.7 Å². The fraction of sp³-hybridized carbons (Fsp3) is 0.444. The predicted octanol–water partition coefficient (Wildman–Crippen LogP) is 1.77. The summed E-state index contributed by atoms with van der Waals surface area (Å²) in [5.74, 6) is 0.732. The van der Waals surface area contributed by atoms with Crippen molar-refractivity contribution in [2.75, 3.05) is 13.1 Å². The topological polar surface area (TPSA) is 96.5 Å². The van der Waals surface area contributed by atoms with E-state index in [0.29, 0.717) is 36.6 Å². The number of carbonyl (C=O) groups is 1. The number of carbonyl (C=O) groups excluding carboxylic acids is 1. The van der Waals surface area contributed by atoms with Crippen LogP contribution in [0, 0.1) is 0 Å². The Morgan fingerprint density at radius 2 is 2.15 bits per heavy atom. The van der Waals surface area contributed by atoms with Gasteiger partial charge < -0.3 is 9.42 Å². The van der Waals surface area contributed by atoms with Crippen LogP contribution in [0.25, 0.3) is 5.65 Å². The fourth-order valence-corrected chi connectivity index (χ4v) is 3.39. The molecule has 0 bridgehead atoms. The number of amides is 1. The minimum Gasteiger partial charge on any atom is -0.361 e. The first-order valence-corrected chi connectivity index (χ1v) is 8.95. The zero-order valence-corrected chi connectivity index (χ0v) is 14.9. The standard InChI is InChI=1S/C18H21N5O3/c1-3-12-7-17(24)23-16(19-12)9-14(20-23)11-5-6-22(10-11)18(25)15-8-13(4-2)26-21-15/h7-9,11,20H,3-6,10H2,1-2H3. The summed E-state index contributed by atoms with van der Waals surface area (Å²) in [7, 11) is 0. The minimum atomic E-state index is -0.115. The summed E-state index contributed by atoms with van der Waals surface area (Å²) >= 11 is 0. The van der Waals surface area contributed by atoms with Crippen molar-refractivity contribution in [1.82, 2.24) is 24.7 Å². The number of nitrogens with zero attached hydrogens (tertiary/aromatic N) is 4. The largest absolute Gasteiger partial charge is 0.361 e.